The molecule has 20 heavy (non-hydrogen) atoms. The minimum absolute atomic E-state index is 0.0183. The van der Waals surface area contributed by atoms with Gasteiger partial charge in [-0.05, 0) is 31.4 Å². The average molecular weight is 276 g/mol. The summed E-state index contributed by atoms with van der Waals surface area (Å²) < 4.78 is 0. The summed E-state index contributed by atoms with van der Waals surface area (Å²) in [4.78, 5) is 23.5. The number of hydrogen-bond acceptors (Lipinski definition) is 3. The van der Waals surface area contributed by atoms with E-state index in [-0.39, 0.29) is 24.5 Å². The van der Waals surface area contributed by atoms with Crippen LogP contribution in [0.5, 0.6) is 0 Å². The number of unbranched alkanes of at least 4 members (excludes halogenated alkanes) is 1. The molecule has 0 unspecified atom stereocenters. The average Bonchev–Trinajstić information content (AvgIpc) is 2.49. The Hall–Kier alpha value is -1.68. The lowest BCUT2D eigenvalue weighted by Gasteiger charge is -2.05. The zero-order valence-corrected chi connectivity index (χ0v) is 12.2. The van der Waals surface area contributed by atoms with Gasteiger partial charge in [-0.1, -0.05) is 31.2 Å². The molecule has 0 aliphatic heterocycles. The van der Waals surface area contributed by atoms with E-state index in [4.69, 9.17) is 5.73 Å². The summed E-state index contributed by atoms with van der Waals surface area (Å²) in [6.07, 6.45) is 3.25. The van der Waals surface area contributed by atoms with Crippen LogP contribution in [-0.4, -0.2) is 24.8 Å². The number of nitrogens with two attached hydrogens (primary N) is 1. The first-order chi connectivity index (χ1) is 9.67. The van der Waals surface area contributed by atoms with Crippen molar-refractivity contribution >= 4 is 11.7 Å². The van der Waals surface area contributed by atoms with Crippen molar-refractivity contribution in [3.8, 4) is 0 Å². The van der Waals surface area contributed by atoms with Gasteiger partial charge in [0, 0.05) is 24.9 Å². The molecule has 0 saturated heterocycles. The van der Waals surface area contributed by atoms with E-state index >= 15 is 0 Å². The fourth-order valence-corrected chi connectivity index (χ4v) is 1.88. The molecule has 0 saturated carbocycles. The van der Waals surface area contributed by atoms with Crippen molar-refractivity contribution in [1.82, 2.24) is 5.32 Å². The van der Waals surface area contributed by atoms with Crippen LogP contribution in [0.25, 0.3) is 0 Å². The van der Waals surface area contributed by atoms with Gasteiger partial charge in [-0.15, -0.1) is 0 Å². The monoisotopic (exact) mass is 276 g/mol. The Kier molecular flexibility index (Phi) is 7.58. The lowest BCUT2D eigenvalue weighted by molar-refractivity contribution is -0.121. The second kappa shape index (κ2) is 9.26. The largest absolute Gasteiger partial charge is 0.356 e. The fourth-order valence-electron chi connectivity index (χ4n) is 1.88. The third-order valence-corrected chi connectivity index (χ3v) is 3.22. The lowest BCUT2D eigenvalue weighted by Crippen LogP contribution is -2.25. The zero-order chi connectivity index (χ0) is 14.8. The van der Waals surface area contributed by atoms with Gasteiger partial charge in [0.2, 0.25) is 5.91 Å². The maximum absolute atomic E-state index is 11.9. The van der Waals surface area contributed by atoms with Crippen LogP contribution in [0.15, 0.2) is 24.3 Å². The van der Waals surface area contributed by atoms with E-state index in [0.29, 0.717) is 18.7 Å². The van der Waals surface area contributed by atoms with Crippen molar-refractivity contribution in [1.29, 1.82) is 0 Å². The van der Waals surface area contributed by atoms with Crippen molar-refractivity contribution in [3.05, 3.63) is 35.4 Å². The van der Waals surface area contributed by atoms with Crippen LogP contribution in [0.1, 0.15) is 48.5 Å². The van der Waals surface area contributed by atoms with Gasteiger partial charge < -0.3 is 11.1 Å². The van der Waals surface area contributed by atoms with E-state index in [9.17, 15) is 9.59 Å². The van der Waals surface area contributed by atoms with Gasteiger partial charge in [-0.3, -0.25) is 9.59 Å². The molecule has 0 aromatic heterocycles. The molecule has 1 rings (SSSR count). The first-order valence-corrected chi connectivity index (χ1v) is 7.26. The van der Waals surface area contributed by atoms with Crippen LogP contribution in [0.4, 0.5) is 0 Å². The van der Waals surface area contributed by atoms with E-state index in [2.05, 4.69) is 12.2 Å². The highest BCUT2D eigenvalue weighted by Gasteiger charge is 2.08. The zero-order valence-electron chi connectivity index (χ0n) is 12.2. The van der Waals surface area contributed by atoms with E-state index in [1.807, 2.05) is 24.3 Å². The predicted molar refractivity (Wildman–Crippen MR) is 80.7 cm³/mol. The maximum Gasteiger partial charge on any atom is 0.220 e. The molecule has 3 N–H and O–H groups in total. The molecule has 1 aromatic carbocycles. The summed E-state index contributed by atoms with van der Waals surface area (Å²) in [6, 6.07) is 7.58. The van der Waals surface area contributed by atoms with Crippen LogP contribution in [-0.2, 0) is 11.2 Å². The molecule has 1 aromatic rings. The van der Waals surface area contributed by atoms with Crippen molar-refractivity contribution in [2.75, 3.05) is 13.1 Å². The Morgan fingerprint density at radius 2 is 1.80 bits per heavy atom. The fraction of sp³-hybridized carbons (Fsp3) is 0.500. The molecular formula is C16H24N2O2. The molecule has 0 heterocycles. The molecule has 1 amide bonds. The number of carbonyl (C=O) groups is 2. The normalized spacial score (nSPS) is 10.3. The Labute approximate surface area is 120 Å². The van der Waals surface area contributed by atoms with Crippen LogP contribution >= 0.6 is 0 Å². The third kappa shape index (κ3) is 5.97. The van der Waals surface area contributed by atoms with Crippen molar-refractivity contribution < 1.29 is 9.59 Å². The second-order valence-corrected chi connectivity index (χ2v) is 4.82. The van der Waals surface area contributed by atoms with Crippen LogP contribution in [0, 0.1) is 0 Å². The number of benzene rings is 1. The number of nitrogens with one attached hydrogen (secondary N) is 1. The van der Waals surface area contributed by atoms with E-state index in [1.54, 1.807) is 0 Å². The summed E-state index contributed by atoms with van der Waals surface area (Å²) in [5.41, 5.74) is 7.26. The van der Waals surface area contributed by atoms with Crippen molar-refractivity contribution in [2.24, 2.45) is 5.73 Å². The van der Waals surface area contributed by atoms with Crippen LogP contribution < -0.4 is 11.1 Å². The number of hydrogen-bond donors (Lipinski definition) is 2. The van der Waals surface area contributed by atoms with Gasteiger partial charge in [0.15, 0.2) is 5.78 Å². The van der Waals surface area contributed by atoms with Gasteiger partial charge in [0.05, 0.1) is 0 Å². The van der Waals surface area contributed by atoms with Gasteiger partial charge in [0.1, 0.15) is 0 Å². The molecule has 0 radical (unpaired) electrons. The number of amides is 1. The summed E-state index contributed by atoms with van der Waals surface area (Å²) >= 11 is 0. The summed E-state index contributed by atoms with van der Waals surface area (Å²) in [5.74, 6) is -0.0506. The summed E-state index contributed by atoms with van der Waals surface area (Å²) in [6.45, 7) is 3.35. The SMILES string of the molecule is CCc1ccc(C(=O)CCC(=O)NCCCCN)cc1. The summed E-state index contributed by atoms with van der Waals surface area (Å²) in [7, 11) is 0. The number of carbonyl (C=O) groups excluding carboxylic acids is 2. The van der Waals surface area contributed by atoms with E-state index < -0.39 is 0 Å². The van der Waals surface area contributed by atoms with Gasteiger partial charge in [0.25, 0.3) is 0 Å². The minimum atomic E-state index is -0.0689. The Morgan fingerprint density at radius 3 is 2.40 bits per heavy atom. The Balaban J connectivity index is 2.29. The van der Waals surface area contributed by atoms with Gasteiger partial charge >= 0.3 is 0 Å². The molecular weight excluding hydrogens is 252 g/mol. The molecule has 0 bridgehead atoms. The smallest absolute Gasteiger partial charge is 0.220 e. The standard InChI is InChI=1S/C16H24N2O2/c1-2-13-5-7-14(8-6-13)15(19)9-10-16(20)18-12-4-3-11-17/h5-8H,2-4,9-12,17H2,1H3,(H,18,20). The molecule has 0 aliphatic carbocycles. The topological polar surface area (TPSA) is 72.2 Å². The van der Waals surface area contributed by atoms with Crippen molar-refractivity contribution in [2.45, 2.75) is 39.0 Å². The highest BCUT2D eigenvalue weighted by Crippen LogP contribution is 2.08. The third-order valence-electron chi connectivity index (χ3n) is 3.22. The van der Waals surface area contributed by atoms with Crippen molar-refractivity contribution in [3.63, 3.8) is 0 Å². The Morgan fingerprint density at radius 1 is 1.10 bits per heavy atom. The molecule has 4 heteroatoms. The molecule has 0 fully saturated rings. The molecule has 4 nitrogen and oxygen atoms in total. The minimum Gasteiger partial charge on any atom is -0.356 e. The van der Waals surface area contributed by atoms with Gasteiger partial charge in [-0.25, -0.2) is 0 Å². The Bertz CT molecular complexity index is 427. The quantitative estimate of drug-likeness (QED) is 0.535. The molecule has 110 valence electrons. The lowest BCUT2D eigenvalue weighted by atomic mass is 10.0. The number of Topliss-reactive ketones (excluding diaryl/α,β-unsaturated/α-hetero) is 1. The number of ketones is 1. The highest BCUT2D eigenvalue weighted by atomic mass is 16.2. The first-order valence-electron chi connectivity index (χ1n) is 7.26. The number of rotatable bonds is 9. The highest BCUT2D eigenvalue weighted by molar-refractivity contribution is 5.97. The van der Waals surface area contributed by atoms with Gasteiger partial charge in [-0.2, -0.15) is 0 Å². The van der Waals surface area contributed by atoms with Crippen LogP contribution in [0.3, 0.4) is 0 Å². The van der Waals surface area contributed by atoms with E-state index in [1.165, 1.54) is 5.56 Å². The molecule has 0 atom stereocenters. The molecule has 0 spiro atoms. The first kappa shape index (κ1) is 16.4. The predicted octanol–water partition coefficient (Wildman–Crippen LogP) is 2.07. The number of aryl methyl sites for hydroxylation is 1. The van der Waals surface area contributed by atoms with E-state index in [0.717, 1.165) is 19.3 Å². The second-order valence-electron chi connectivity index (χ2n) is 4.82. The molecule has 0 aliphatic rings. The van der Waals surface area contributed by atoms with Crippen LogP contribution in [0.2, 0.25) is 0 Å². The maximum atomic E-state index is 11.9. The summed E-state index contributed by atoms with van der Waals surface area (Å²) in [5, 5.41) is 2.80.